The van der Waals surface area contributed by atoms with E-state index in [-0.39, 0.29) is 24.3 Å². The molecule has 1 aromatic carbocycles. The lowest BCUT2D eigenvalue weighted by molar-refractivity contribution is -0.133. The summed E-state index contributed by atoms with van der Waals surface area (Å²) in [6.07, 6.45) is 0. The molecule has 6 heteroatoms. The first-order chi connectivity index (χ1) is 9.20. The number of aliphatic hydroxyl groups is 1. The highest BCUT2D eigenvalue weighted by Crippen LogP contribution is 2.16. The van der Waals surface area contributed by atoms with E-state index in [1.165, 1.54) is 0 Å². The van der Waals surface area contributed by atoms with Gasteiger partial charge in [0.2, 0.25) is 5.91 Å². The molecular weight excluding hydrogens is 264 g/mol. The van der Waals surface area contributed by atoms with Crippen molar-refractivity contribution in [3.05, 3.63) is 35.9 Å². The Balaban J connectivity index is 2.02. The van der Waals surface area contributed by atoms with Crippen molar-refractivity contribution in [3.8, 4) is 0 Å². The lowest BCUT2D eigenvalue weighted by atomic mass is 10.2. The molecule has 1 fully saturated rings. The average molecular weight is 280 g/mol. The molecule has 5 nitrogen and oxygen atoms in total. The normalized spacial score (nSPS) is 18.2. The summed E-state index contributed by atoms with van der Waals surface area (Å²) in [5, 5.41) is 11.5. The molecule has 1 saturated heterocycles. The second-order valence-corrected chi connectivity index (χ2v) is 5.26. The Labute approximate surface area is 116 Å². The predicted octanol–water partition coefficient (Wildman–Crippen LogP) is 0.832. The van der Waals surface area contributed by atoms with Gasteiger partial charge in [0.15, 0.2) is 0 Å². The zero-order valence-corrected chi connectivity index (χ0v) is 11.2. The van der Waals surface area contributed by atoms with Gasteiger partial charge in [-0.2, -0.15) is 0 Å². The second-order valence-electron chi connectivity index (χ2n) is 4.26. The summed E-state index contributed by atoms with van der Waals surface area (Å²) in [4.78, 5) is 25.0. The topological polar surface area (TPSA) is 69.6 Å². The van der Waals surface area contributed by atoms with Crippen LogP contribution in [0.5, 0.6) is 0 Å². The molecule has 19 heavy (non-hydrogen) atoms. The molecule has 0 aliphatic carbocycles. The number of carbonyl (C=O) groups excluding carboxylic acids is 2. The number of thioether (sulfide) groups is 1. The van der Waals surface area contributed by atoms with E-state index in [1.807, 2.05) is 30.3 Å². The number of nitrogens with one attached hydrogen (secondary N) is 1. The van der Waals surface area contributed by atoms with Gasteiger partial charge in [-0.25, -0.2) is 0 Å². The fourth-order valence-electron chi connectivity index (χ4n) is 1.93. The van der Waals surface area contributed by atoms with Crippen LogP contribution in [-0.2, 0) is 11.3 Å². The molecule has 102 valence electrons. The Morgan fingerprint density at radius 2 is 2.16 bits per heavy atom. The van der Waals surface area contributed by atoms with Gasteiger partial charge < -0.3 is 15.3 Å². The maximum atomic E-state index is 12.3. The van der Waals surface area contributed by atoms with Crippen LogP contribution in [0.4, 0.5) is 4.79 Å². The summed E-state index contributed by atoms with van der Waals surface area (Å²) < 4.78 is 0. The second kappa shape index (κ2) is 6.58. The van der Waals surface area contributed by atoms with Crippen LogP contribution >= 0.6 is 11.8 Å². The molecule has 0 spiro atoms. The van der Waals surface area contributed by atoms with Crippen molar-refractivity contribution in [2.75, 3.05) is 18.9 Å². The van der Waals surface area contributed by atoms with Crippen LogP contribution in [0.15, 0.2) is 30.3 Å². The van der Waals surface area contributed by atoms with Gasteiger partial charge in [-0.1, -0.05) is 42.1 Å². The minimum atomic E-state index is -0.479. The molecule has 1 aliphatic heterocycles. The lowest BCUT2D eigenvalue weighted by Gasteiger charge is -2.24. The molecule has 2 amide bonds. The molecule has 0 saturated carbocycles. The van der Waals surface area contributed by atoms with Crippen LogP contribution in [0.25, 0.3) is 0 Å². The summed E-state index contributed by atoms with van der Waals surface area (Å²) in [6, 6.07) is 9.11. The molecule has 1 unspecified atom stereocenters. The molecule has 0 aromatic heterocycles. The first-order valence-corrected chi connectivity index (χ1v) is 7.06. The summed E-state index contributed by atoms with van der Waals surface area (Å²) in [6.45, 7) is 0.619. The molecule has 1 heterocycles. The molecule has 0 radical (unpaired) electrons. The van der Waals surface area contributed by atoms with E-state index in [9.17, 15) is 9.59 Å². The van der Waals surface area contributed by atoms with E-state index in [1.54, 1.807) is 4.90 Å². The van der Waals surface area contributed by atoms with E-state index in [2.05, 4.69) is 5.32 Å². The Morgan fingerprint density at radius 1 is 1.42 bits per heavy atom. The van der Waals surface area contributed by atoms with Crippen molar-refractivity contribution < 1.29 is 14.7 Å². The largest absolute Gasteiger partial charge is 0.395 e. The Bertz CT molecular complexity index is 452. The van der Waals surface area contributed by atoms with E-state index < -0.39 is 6.04 Å². The number of nitrogens with zero attached hydrogens (tertiary/aromatic N) is 1. The molecule has 1 atom stereocenters. The number of amides is 2. The Hall–Kier alpha value is -1.53. The summed E-state index contributed by atoms with van der Waals surface area (Å²) in [7, 11) is 0. The van der Waals surface area contributed by atoms with Gasteiger partial charge in [0.05, 0.1) is 6.61 Å². The SMILES string of the molecule is O=C1NC(C(=O)N(CCO)Cc2ccccc2)CS1. The first-order valence-electron chi connectivity index (χ1n) is 6.07. The zero-order valence-electron chi connectivity index (χ0n) is 10.4. The number of benzene rings is 1. The Kier molecular flexibility index (Phi) is 4.81. The number of hydrogen-bond acceptors (Lipinski definition) is 4. The van der Waals surface area contributed by atoms with E-state index >= 15 is 0 Å². The molecule has 0 bridgehead atoms. The van der Waals surface area contributed by atoms with Gasteiger partial charge in [-0.05, 0) is 5.56 Å². The van der Waals surface area contributed by atoms with Crippen LogP contribution in [0, 0.1) is 0 Å². The average Bonchev–Trinajstić information content (AvgIpc) is 2.85. The van der Waals surface area contributed by atoms with Crippen LogP contribution in [0.1, 0.15) is 5.56 Å². The minimum absolute atomic E-state index is 0.0909. The van der Waals surface area contributed by atoms with Gasteiger partial charge in [-0.15, -0.1) is 0 Å². The highest BCUT2D eigenvalue weighted by atomic mass is 32.2. The first kappa shape index (κ1) is 13.9. The van der Waals surface area contributed by atoms with Gasteiger partial charge in [0.25, 0.3) is 5.24 Å². The summed E-state index contributed by atoms with van der Waals surface area (Å²) >= 11 is 1.12. The standard InChI is InChI=1S/C13H16N2O3S/c16-7-6-15(8-10-4-2-1-3-5-10)12(17)11-9-19-13(18)14-11/h1-5,11,16H,6-9H2,(H,14,18). The Morgan fingerprint density at radius 3 is 2.74 bits per heavy atom. The summed E-state index contributed by atoms with van der Waals surface area (Å²) in [5.41, 5.74) is 1.00. The molecule has 2 rings (SSSR count). The molecule has 1 aromatic rings. The third kappa shape index (κ3) is 3.71. The van der Waals surface area contributed by atoms with Crippen molar-refractivity contribution >= 4 is 22.9 Å². The number of carbonyl (C=O) groups is 2. The van der Waals surface area contributed by atoms with Crippen molar-refractivity contribution in [2.24, 2.45) is 0 Å². The predicted molar refractivity (Wildman–Crippen MR) is 73.7 cm³/mol. The highest BCUT2D eigenvalue weighted by Gasteiger charge is 2.31. The summed E-state index contributed by atoms with van der Waals surface area (Å²) in [5.74, 6) is 0.310. The van der Waals surface area contributed by atoms with Crippen molar-refractivity contribution in [3.63, 3.8) is 0 Å². The van der Waals surface area contributed by atoms with Crippen LogP contribution in [-0.4, -0.2) is 46.1 Å². The van der Waals surface area contributed by atoms with Crippen LogP contribution in [0.2, 0.25) is 0 Å². The molecule has 1 aliphatic rings. The van der Waals surface area contributed by atoms with E-state index in [0.717, 1.165) is 17.3 Å². The van der Waals surface area contributed by atoms with Gasteiger partial charge >= 0.3 is 0 Å². The van der Waals surface area contributed by atoms with E-state index in [4.69, 9.17) is 5.11 Å². The lowest BCUT2D eigenvalue weighted by Crippen LogP contribution is -2.46. The molecular formula is C13H16N2O3S. The maximum absolute atomic E-state index is 12.3. The number of rotatable bonds is 5. The van der Waals surface area contributed by atoms with E-state index in [0.29, 0.717) is 12.3 Å². The minimum Gasteiger partial charge on any atom is -0.395 e. The monoisotopic (exact) mass is 280 g/mol. The third-order valence-corrected chi connectivity index (χ3v) is 3.75. The van der Waals surface area contributed by atoms with Crippen LogP contribution < -0.4 is 5.32 Å². The number of hydrogen-bond donors (Lipinski definition) is 2. The third-order valence-electron chi connectivity index (χ3n) is 2.87. The van der Waals surface area contributed by atoms with Crippen LogP contribution in [0.3, 0.4) is 0 Å². The van der Waals surface area contributed by atoms with Crippen molar-refractivity contribution in [2.45, 2.75) is 12.6 Å². The van der Waals surface area contributed by atoms with Gasteiger partial charge in [-0.3, -0.25) is 9.59 Å². The molecule has 2 N–H and O–H groups in total. The quantitative estimate of drug-likeness (QED) is 0.838. The van der Waals surface area contributed by atoms with Gasteiger partial charge in [0, 0.05) is 18.8 Å². The zero-order chi connectivity index (χ0) is 13.7. The smallest absolute Gasteiger partial charge is 0.279 e. The number of aliphatic hydroxyl groups excluding tert-OH is 1. The van der Waals surface area contributed by atoms with Gasteiger partial charge in [0.1, 0.15) is 6.04 Å². The van der Waals surface area contributed by atoms with Crippen molar-refractivity contribution in [1.29, 1.82) is 0 Å². The fraction of sp³-hybridized carbons (Fsp3) is 0.385. The highest BCUT2D eigenvalue weighted by molar-refractivity contribution is 8.14. The maximum Gasteiger partial charge on any atom is 0.279 e. The fourth-order valence-corrected chi connectivity index (χ4v) is 2.70. The van der Waals surface area contributed by atoms with Crippen molar-refractivity contribution in [1.82, 2.24) is 10.2 Å².